The van der Waals surface area contributed by atoms with Crippen LogP contribution in [0.25, 0.3) is 0 Å². The maximum atomic E-state index is 13.6. The molecule has 0 aromatic heterocycles. The molecule has 0 radical (unpaired) electrons. The standard InChI is InChI=1S/C70H137N2O7P/c1-7-10-13-16-19-22-25-28-30-32-33-34-35-36-37-38-39-41-42-44-47-50-53-56-59-62-69(73)71-67(66-78-80(75,76)77-65-64-72(4,5)6)68(61-58-55-52-49-46-27-24-21-18-15-12-9-3)79-70(74)63-60-57-54-51-48-45-43-40-31-29-26-23-20-17-14-11-8-2/h29,31,58,61,67-68H,7-28,30,32-57,59-60,62-66H2,1-6H3,(H-,71,73,75,76)/p+1/b31-29+,61-58-. The summed E-state index contributed by atoms with van der Waals surface area (Å²) in [5.41, 5.74) is 0. The number of allylic oxidation sites excluding steroid dienone is 3. The van der Waals surface area contributed by atoms with Gasteiger partial charge in [0.1, 0.15) is 19.3 Å². The third kappa shape index (κ3) is 61.1. The van der Waals surface area contributed by atoms with Crippen LogP contribution in [0.3, 0.4) is 0 Å². The van der Waals surface area contributed by atoms with Crippen molar-refractivity contribution in [3.8, 4) is 0 Å². The fraction of sp³-hybridized carbons (Fsp3) is 0.914. The minimum absolute atomic E-state index is 0.0434. The molecule has 0 bridgehead atoms. The molecule has 0 saturated heterocycles. The molecule has 3 unspecified atom stereocenters. The third-order valence-electron chi connectivity index (χ3n) is 16.1. The Balaban J connectivity index is 5.02. The Hall–Kier alpha value is -1.51. The van der Waals surface area contributed by atoms with Gasteiger partial charge in [0.2, 0.25) is 5.91 Å². The SMILES string of the molecule is CCCCCCCC/C=C/CCCCCCCCCC(=O)OC(/C=C\CCCCCCCCCCCC)C(COP(=O)(O)OCC[N+](C)(C)C)NC(=O)CCCCCCCCCCCCCCCCCCCCCCCCCCC. The molecule has 1 amide bonds. The van der Waals surface area contributed by atoms with Gasteiger partial charge in [-0.25, -0.2) is 4.57 Å². The molecule has 0 aliphatic rings. The second-order valence-electron chi connectivity index (χ2n) is 25.4. The van der Waals surface area contributed by atoms with Crippen LogP contribution in [0.15, 0.2) is 24.3 Å². The van der Waals surface area contributed by atoms with Crippen LogP contribution in [0.1, 0.15) is 361 Å². The van der Waals surface area contributed by atoms with Crippen molar-refractivity contribution in [2.24, 2.45) is 0 Å². The van der Waals surface area contributed by atoms with Gasteiger partial charge in [-0.05, 0) is 57.4 Å². The van der Waals surface area contributed by atoms with Gasteiger partial charge in [-0.3, -0.25) is 18.6 Å². The van der Waals surface area contributed by atoms with Crippen molar-refractivity contribution in [2.45, 2.75) is 373 Å². The highest BCUT2D eigenvalue weighted by Gasteiger charge is 2.30. The topological polar surface area (TPSA) is 111 Å². The van der Waals surface area contributed by atoms with E-state index >= 15 is 0 Å². The lowest BCUT2D eigenvalue weighted by Gasteiger charge is -2.27. The predicted octanol–water partition coefficient (Wildman–Crippen LogP) is 22.1. The van der Waals surface area contributed by atoms with E-state index in [9.17, 15) is 19.0 Å². The highest BCUT2D eigenvalue weighted by Crippen LogP contribution is 2.43. The van der Waals surface area contributed by atoms with E-state index in [0.29, 0.717) is 23.9 Å². The number of quaternary nitrogens is 1. The van der Waals surface area contributed by atoms with E-state index in [1.807, 2.05) is 33.3 Å². The zero-order chi connectivity index (χ0) is 58.6. The largest absolute Gasteiger partial charge is 0.472 e. The number of nitrogens with one attached hydrogen (secondary N) is 1. The molecule has 0 fully saturated rings. The molecule has 10 heteroatoms. The fourth-order valence-electron chi connectivity index (χ4n) is 10.7. The van der Waals surface area contributed by atoms with Crippen molar-refractivity contribution in [3.63, 3.8) is 0 Å². The first kappa shape index (κ1) is 78.5. The number of rotatable bonds is 65. The number of esters is 1. The summed E-state index contributed by atoms with van der Waals surface area (Å²) in [7, 11) is 1.51. The van der Waals surface area contributed by atoms with Crippen molar-refractivity contribution >= 4 is 19.7 Å². The lowest BCUT2D eigenvalue weighted by molar-refractivity contribution is -0.870. The third-order valence-corrected chi connectivity index (χ3v) is 17.1. The van der Waals surface area contributed by atoms with E-state index in [-0.39, 0.29) is 25.1 Å². The Bertz CT molecular complexity index is 1420. The number of ether oxygens (including phenoxy) is 1. The average molecular weight is 1150 g/mol. The number of hydrogen-bond donors (Lipinski definition) is 2. The summed E-state index contributed by atoms with van der Waals surface area (Å²) >= 11 is 0. The number of phosphoric acid groups is 1. The van der Waals surface area contributed by atoms with Crippen molar-refractivity contribution in [1.29, 1.82) is 0 Å². The van der Waals surface area contributed by atoms with Crippen molar-refractivity contribution in [1.82, 2.24) is 5.32 Å². The Labute approximate surface area is 498 Å². The van der Waals surface area contributed by atoms with E-state index in [4.69, 9.17) is 13.8 Å². The minimum Gasteiger partial charge on any atom is -0.456 e. The normalized spacial score (nSPS) is 13.6. The zero-order valence-corrected chi connectivity index (χ0v) is 55.2. The molecule has 9 nitrogen and oxygen atoms in total. The van der Waals surface area contributed by atoms with Crippen molar-refractivity contribution < 1.29 is 37.3 Å². The van der Waals surface area contributed by atoms with Gasteiger partial charge in [-0.2, -0.15) is 0 Å². The quantitative estimate of drug-likeness (QED) is 0.0205. The van der Waals surface area contributed by atoms with Gasteiger partial charge < -0.3 is 19.4 Å². The Morgan fingerprint density at radius 1 is 0.425 bits per heavy atom. The lowest BCUT2D eigenvalue weighted by atomic mass is 10.0. The van der Waals surface area contributed by atoms with Crippen LogP contribution < -0.4 is 5.32 Å². The van der Waals surface area contributed by atoms with Crippen LogP contribution in [-0.2, 0) is 27.9 Å². The van der Waals surface area contributed by atoms with Crippen molar-refractivity contribution in [2.75, 3.05) is 40.9 Å². The first-order valence-corrected chi connectivity index (χ1v) is 36.7. The molecule has 0 rings (SSSR count). The maximum absolute atomic E-state index is 13.6. The summed E-state index contributed by atoms with van der Waals surface area (Å²) in [5, 5.41) is 3.07. The molecule has 0 aromatic rings. The molecule has 0 heterocycles. The Kier molecular flexibility index (Phi) is 59.5. The molecule has 0 aromatic carbocycles. The summed E-state index contributed by atoms with van der Waals surface area (Å²) in [6.07, 6.45) is 73.3. The smallest absolute Gasteiger partial charge is 0.456 e. The van der Waals surface area contributed by atoms with E-state index in [0.717, 1.165) is 57.8 Å². The van der Waals surface area contributed by atoms with Crippen molar-refractivity contribution in [3.05, 3.63) is 24.3 Å². The van der Waals surface area contributed by atoms with Crippen LogP contribution in [-0.4, -0.2) is 74.3 Å². The molecule has 0 aliphatic heterocycles. The number of nitrogens with zero attached hydrogens (tertiary/aromatic N) is 1. The summed E-state index contributed by atoms with van der Waals surface area (Å²) in [6.45, 7) is 7.07. The Morgan fingerprint density at radius 2 is 0.725 bits per heavy atom. The number of phosphoric ester groups is 1. The Morgan fingerprint density at radius 3 is 1.06 bits per heavy atom. The number of carbonyl (C=O) groups excluding carboxylic acids is 2. The minimum atomic E-state index is -4.45. The van der Waals surface area contributed by atoms with Gasteiger partial charge in [0.25, 0.3) is 0 Å². The molecule has 474 valence electrons. The van der Waals surface area contributed by atoms with Gasteiger partial charge in [0, 0.05) is 12.8 Å². The van der Waals surface area contributed by atoms with Gasteiger partial charge in [-0.15, -0.1) is 0 Å². The molecule has 0 saturated carbocycles. The van der Waals surface area contributed by atoms with Crippen LogP contribution in [0, 0.1) is 0 Å². The predicted molar refractivity (Wildman–Crippen MR) is 346 cm³/mol. The highest BCUT2D eigenvalue weighted by atomic mass is 31.2. The van der Waals surface area contributed by atoms with E-state index in [1.165, 1.54) is 270 Å². The molecular formula is C70H138N2O7P+. The highest BCUT2D eigenvalue weighted by molar-refractivity contribution is 7.47. The van der Waals surface area contributed by atoms with Crippen LogP contribution >= 0.6 is 7.82 Å². The number of amides is 1. The van der Waals surface area contributed by atoms with Crippen LogP contribution in [0.4, 0.5) is 0 Å². The summed E-state index contributed by atoms with van der Waals surface area (Å²) < 4.78 is 30.8. The first-order valence-electron chi connectivity index (χ1n) is 35.2. The van der Waals surface area contributed by atoms with Crippen LogP contribution in [0.5, 0.6) is 0 Å². The number of hydrogen-bond acceptors (Lipinski definition) is 6. The lowest BCUT2D eigenvalue weighted by Crippen LogP contribution is -2.47. The molecular weight excluding hydrogens is 1010 g/mol. The van der Waals surface area contributed by atoms with E-state index in [2.05, 4.69) is 38.2 Å². The first-order chi connectivity index (χ1) is 38.9. The van der Waals surface area contributed by atoms with E-state index in [1.54, 1.807) is 0 Å². The molecule has 0 spiro atoms. The summed E-state index contributed by atoms with van der Waals surface area (Å²) in [6, 6.07) is -0.845. The summed E-state index contributed by atoms with van der Waals surface area (Å²) in [5.74, 6) is -0.489. The van der Waals surface area contributed by atoms with Gasteiger partial charge in [0.15, 0.2) is 0 Å². The van der Waals surface area contributed by atoms with Gasteiger partial charge in [0.05, 0.1) is 33.8 Å². The second kappa shape index (κ2) is 60.6. The molecule has 80 heavy (non-hydrogen) atoms. The van der Waals surface area contributed by atoms with Gasteiger partial charge >= 0.3 is 13.8 Å². The molecule has 2 N–H and O–H groups in total. The monoisotopic (exact) mass is 1150 g/mol. The molecule has 0 aliphatic carbocycles. The maximum Gasteiger partial charge on any atom is 0.472 e. The fourth-order valence-corrected chi connectivity index (χ4v) is 11.4. The second-order valence-corrected chi connectivity index (χ2v) is 26.9. The van der Waals surface area contributed by atoms with Crippen LogP contribution in [0.2, 0.25) is 0 Å². The summed E-state index contributed by atoms with van der Waals surface area (Å²) in [4.78, 5) is 37.8. The number of unbranched alkanes of at least 4 members (excludes halogenated alkanes) is 47. The number of carbonyl (C=O) groups is 2. The van der Waals surface area contributed by atoms with Gasteiger partial charge in [-0.1, -0.05) is 315 Å². The number of likely N-dealkylation sites (N-methyl/N-ethyl adjacent to an activating group) is 1. The molecule has 3 atom stereocenters. The average Bonchev–Trinajstić information content (AvgIpc) is 3.42. The van der Waals surface area contributed by atoms with E-state index < -0.39 is 20.0 Å². The zero-order valence-electron chi connectivity index (χ0n) is 54.4.